The fourth-order valence-corrected chi connectivity index (χ4v) is 3.47. The van der Waals surface area contributed by atoms with Gasteiger partial charge in [-0.05, 0) is 36.2 Å². The molecule has 0 saturated carbocycles. The third kappa shape index (κ3) is 5.86. The number of hydrogen-bond acceptors (Lipinski definition) is 6. The van der Waals surface area contributed by atoms with Crippen LogP contribution in [0.3, 0.4) is 0 Å². The van der Waals surface area contributed by atoms with E-state index in [0.717, 1.165) is 5.56 Å². The van der Waals surface area contributed by atoms with Gasteiger partial charge in [0, 0.05) is 11.9 Å². The molecule has 1 unspecified atom stereocenters. The molecule has 0 spiro atoms. The van der Waals surface area contributed by atoms with E-state index in [0.29, 0.717) is 35.4 Å². The Morgan fingerprint density at radius 3 is 2.47 bits per heavy atom. The van der Waals surface area contributed by atoms with E-state index >= 15 is 0 Å². The lowest BCUT2D eigenvalue weighted by molar-refractivity contribution is 0.0926. The Bertz CT molecular complexity index is 1160. The molecule has 0 aliphatic heterocycles. The van der Waals surface area contributed by atoms with Crippen molar-refractivity contribution in [3.8, 4) is 11.5 Å². The van der Waals surface area contributed by atoms with Crippen molar-refractivity contribution in [2.24, 2.45) is 0 Å². The summed E-state index contributed by atoms with van der Waals surface area (Å²) in [6.07, 6.45) is -0.517. The Balaban J connectivity index is 1.70. The Kier molecular flexibility index (Phi) is 7.90. The highest BCUT2D eigenvalue weighted by Gasteiger charge is 2.34. The molecule has 10 heteroatoms. The number of para-hydroxylation sites is 1. The number of nitrogens with one attached hydrogen (secondary N) is 2. The van der Waals surface area contributed by atoms with Gasteiger partial charge in [0.1, 0.15) is 17.3 Å². The highest BCUT2D eigenvalue weighted by Crippen LogP contribution is 2.30. The Labute approximate surface area is 199 Å². The van der Waals surface area contributed by atoms with E-state index in [2.05, 4.69) is 10.6 Å². The van der Waals surface area contributed by atoms with Crippen LogP contribution in [0.1, 0.15) is 15.9 Å². The van der Waals surface area contributed by atoms with Crippen molar-refractivity contribution in [1.29, 1.82) is 0 Å². The Hall–Kier alpha value is -2.45. The van der Waals surface area contributed by atoms with Gasteiger partial charge >= 0.3 is 5.63 Å². The predicted octanol–water partition coefficient (Wildman–Crippen LogP) is 4.07. The number of fused-ring (bicyclic) bond motifs is 1. The first-order valence-corrected chi connectivity index (χ1v) is 10.7. The number of ether oxygens (including phenoxy) is 2. The smallest absolute Gasteiger partial charge is 0.349 e. The first-order valence-electron chi connectivity index (χ1n) is 9.57. The Morgan fingerprint density at radius 1 is 1.06 bits per heavy atom. The van der Waals surface area contributed by atoms with Crippen molar-refractivity contribution in [2.75, 3.05) is 20.8 Å². The summed E-state index contributed by atoms with van der Waals surface area (Å²) in [6, 6.07) is 13.8. The molecule has 3 aromatic rings. The van der Waals surface area contributed by atoms with Gasteiger partial charge in [0.05, 0.1) is 14.2 Å². The lowest BCUT2D eigenvalue weighted by Crippen LogP contribution is -2.54. The minimum atomic E-state index is -1.87. The third-order valence-corrected chi connectivity index (χ3v) is 5.35. The largest absolute Gasteiger partial charge is 0.493 e. The third-order valence-electron chi connectivity index (χ3n) is 4.70. The maximum Gasteiger partial charge on any atom is 0.349 e. The van der Waals surface area contributed by atoms with Gasteiger partial charge < -0.3 is 19.2 Å². The topological polar surface area (TPSA) is 89.8 Å². The zero-order valence-electron chi connectivity index (χ0n) is 17.3. The number of methoxy groups -OCH3 is 2. The van der Waals surface area contributed by atoms with Crippen molar-refractivity contribution in [3.63, 3.8) is 0 Å². The number of carbonyl (C=O) groups excluding carboxylic acids is 1. The first-order chi connectivity index (χ1) is 15.2. The van der Waals surface area contributed by atoms with Crippen LogP contribution in [0.2, 0.25) is 0 Å². The standard InChI is InChI=1S/C22H21Cl3N2O5/c1-30-17-8-7-13(11-18(17)31-2)9-10-26-21(22(23,24)25)27-19(28)15-12-14-5-3-4-6-16(14)32-20(15)29/h3-8,11-12,21,26H,9-10H2,1-2H3,(H,27,28). The molecular weight excluding hydrogens is 479 g/mol. The van der Waals surface area contributed by atoms with E-state index < -0.39 is 21.5 Å². The summed E-state index contributed by atoms with van der Waals surface area (Å²) in [5, 5.41) is 6.16. The van der Waals surface area contributed by atoms with Crippen LogP contribution in [0.4, 0.5) is 0 Å². The molecule has 0 aliphatic carbocycles. The van der Waals surface area contributed by atoms with Crippen molar-refractivity contribution in [1.82, 2.24) is 10.6 Å². The highest BCUT2D eigenvalue weighted by molar-refractivity contribution is 6.68. The van der Waals surface area contributed by atoms with Crippen LogP contribution in [0.25, 0.3) is 11.0 Å². The average molecular weight is 500 g/mol. The molecule has 3 rings (SSSR count). The summed E-state index contributed by atoms with van der Waals surface area (Å²) in [4.78, 5) is 25.0. The zero-order chi connectivity index (χ0) is 23.3. The number of halogens is 3. The zero-order valence-corrected chi connectivity index (χ0v) is 19.6. The molecule has 1 heterocycles. The van der Waals surface area contributed by atoms with Crippen molar-refractivity contribution < 1.29 is 18.7 Å². The molecule has 2 N–H and O–H groups in total. The molecular formula is C22H21Cl3N2O5. The number of alkyl halides is 3. The number of benzene rings is 2. The van der Waals surface area contributed by atoms with Crippen molar-refractivity contribution in [2.45, 2.75) is 16.4 Å². The van der Waals surface area contributed by atoms with Crippen LogP contribution >= 0.6 is 34.8 Å². The first kappa shape index (κ1) is 24.2. The van der Waals surface area contributed by atoms with Crippen LogP contribution < -0.4 is 25.7 Å². The minimum absolute atomic E-state index is 0.190. The maximum atomic E-state index is 12.7. The number of rotatable bonds is 8. The summed E-state index contributed by atoms with van der Waals surface area (Å²) in [5.41, 5.74) is 0.346. The molecule has 0 radical (unpaired) electrons. The van der Waals surface area contributed by atoms with E-state index in [1.54, 1.807) is 44.6 Å². The summed E-state index contributed by atoms with van der Waals surface area (Å²) in [7, 11) is 3.11. The lowest BCUT2D eigenvalue weighted by atomic mass is 10.1. The van der Waals surface area contributed by atoms with Crippen molar-refractivity contribution in [3.05, 3.63) is 70.1 Å². The van der Waals surface area contributed by atoms with Gasteiger partial charge in [-0.3, -0.25) is 10.1 Å². The van der Waals surface area contributed by atoms with E-state index in [1.165, 1.54) is 6.07 Å². The van der Waals surface area contributed by atoms with Gasteiger partial charge in [0.2, 0.25) is 3.79 Å². The SMILES string of the molecule is COc1ccc(CCNC(NC(=O)c2cc3ccccc3oc2=O)C(Cl)(Cl)Cl)cc1OC. The Morgan fingerprint density at radius 2 is 1.78 bits per heavy atom. The fourth-order valence-electron chi connectivity index (χ4n) is 3.07. The molecule has 170 valence electrons. The molecule has 2 aromatic carbocycles. The number of amides is 1. The summed E-state index contributed by atoms with van der Waals surface area (Å²) < 4.78 is 13.9. The fraction of sp³-hybridized carbons (Fsp3) is 0.273. The molecule has 7 nitrogen and oxygen atoms in total. The second kappa shape index (κ2) is 10.4. The van der Waals surface area contributed by atoms with Crippen molar-refractivity contribution >= 4 is 51.7 Å². The molecule has 1 atom stereocenters. The molecule has 0 fully saturated rings. The van der Waals surface area contributed by atoms with Gasteiger partial charge in [0.25, 0.3) is 5.91 Å². The van der Waals surface area contributed by atoms with E-state index in [-0.39, 0.29) is 5.56 Å². The predicted molar refractivity (Wildman–Crippen MR) is 125 cm³/mol. The lowest BCUT2D eigenvalue weighted by Gasteiger charge is -2.26. The van der Waals surface area contributed by atoms with Gasteiger partial charge in [-0.2, -0.15) is 0 Å². The van der Waals surface area contributed by atoms with Gasteiger partial charge in [-0.1, -0.05) is 59.1 Å². The molecule has 1 aromatic heterocycles. The van der Waals surface area contributed by atoms with E-state index in [9.17, 15) is 9.59 Å². The normalized spacial score (nSPS) is 12.4. The van der Waals surface area contributed by atoms with Crippen LogP contribution in [0.5, 0.6) is 11.5 Å². The van der Waals surface area contributed by atoms with Crippen LogP contribution in [-0.2, 0) is 6.42 Å². The minimum Gasteiger partial charge on any atom is -0.493 e. The molecule has 0 saturated heterocycles. The summed E-state index contributed by atoms with van der Waals surface area (Å²) in [5.74, 6) is 0.489. The molecule has 1 amide bonds. The maximum absolute atomic E-state index is 12.7. The van der Waals surface area contributed by atoms with Gasteiger partial charge in [-0.25, -0.2) is 4.79 Å². The average Bonchev–Trinajstić information content (AvgIpc) is 2.76. The van der Waals surface area contributed by atoms with Gasteiger partial charge in [0.15, 0.2) is 11.5 Å². The van der Waals surface area contributed by atoms with Crippen LogP contribution in [0.15, 0.2) is 57.7 Å². The van der Waals surface area contributed by atoms with E-state index in [4.69, 9.17) is 48.7 Å². The van der Waals surface area contributed by atoms with Crippen LogP contribution in [-0.4, -0.2) is 36.6 Å². The molecule has 32 heavy (non-hydrogen) atoms. The molecule has 0 bridgehead atoms. The van der Waals surface area contributed by atoms with Crippen LogP contribution in [0, 0.1) is 0 Å². The quantitative estimate of drug-likeness (QED) is 0.276. The second-order valence-electron chi connectivity index (χ2n) is 6.83. The van der Waals surface area contributed by atoms with E-state index in [1.807, 2.05) is 12.1 Å². The molecule has 0 aliphatic rings. The van der Waals surface area contributed by atoms with Gasteiger partial charge in [-0.15, -0.1) is 0 Å². The number of hydrogen-bond donors (Lipinski definition) is 2. The number of carbonyl (C=O) groups is 1. The summed E-state index contributed by atoms with van der Waals surface area (Å²) >= 11 is 18.2. The summed E-state index contributed by atoms with van der Waals surface area (Å²) in [6.45, 7) is 0.362. The highest BCUT2D eigenvalue weighted by atomic mass is 35.6. The monoisotopic (exact) mass is 498 g/mol. The second-order valence-corrected chi connectivity index (χ2v) is 9.20.